The first-order valence-corrected chi connectivity index (χ1v) is 7.40. The summed E-state index contributed by atoms with van der Waals surface area (Å²) >= 11 is 7.64. The van der Waals surface area contributed by atoms with E-state index in [4.69, 9.17) is 11.6 Å². The van der Waals surface area contributed by atoms with Crippen molar-refractivity contribution in [3.8, 4) is 0 Å². The Morgan fingerprint density at radius 3 is 2.58 bits per heavy atom. The van der Waals surface area contributed by atoms with Crippen molar-refractivity contribution in [2.45, 2.75) is 6.54 Å². The molecule has 0 aliphatic heterocycles. The zero-order chi connectivity index (χ0) is 13.7. The molecule has 4 heteroatoms. The molecule has 98 valence electrons. The SMILES string of the molecule is CSN(Cc1ccccc1)c1cc(Cl)cc(C=O)c1. The van der Waals surface area contributed by atoms with Gasteiger partial charge in [0.05, 0.1) is 6.54 Å². The lowest BCUT2D eigenvalue weighted by molar-refractivity contribution is 0.112. The number of carbonyl (C=O) groups excluding carboxylic acids is 1. The summed E-state index contributed by atoms with van der Waals surface area (Å²) in [6, 6.07) is 15.6. The third-order valence-corrected chi connectivity index (χ3v) is 3.72. The fourth-order valence-corrected chi connectivity index (χ4v) is 2.65. The second-order valence-electron chi connectivity index (χ2n) is 4.07. The average molecular weight is 292 g/mol. The van der Waals surface area contributed by atoms with Crippen LogP contribution in [0, 0.1) is 0 Å². The second kappa shape index (κ2) is 6.64. The van der Waals surface area contributed by atoms with Gasteiger partial charge in [-0.25, -0.2) is 0 Å². The van der Waals surface area contributed by atoms with E-state index in [1.807, 2.05) is 36.6 Å². The number of benzene rings is 2. The smallest absolute Gasteiger partial charge is 0.150 e. The molecule has 0 saturated carbocycles. The molecule has 2 aromatic rings. The molecule has 0 aromatic heterocycles. The number of hydrogen-bond donors (Lipinski definition) is 0. The quantitative estimate of drug-likeness (QED) is 0.600. The van der Waals surface area contributed by atoms with Crippen molar-refractivity contribution in [3.05, 3.63) is 64.7 Å². The highest BCUT2D eigenvalue weighted by atomic mass is 35.5. The summed E-state index contributed by atoms with van der Waals surface area (Å²) in [5.74, 6) is 0. The van der Waals surface area contributed by atoms with Gasteiger partial charge < -0.3 is 4.31 Å². The minimum Gasteiger partial charge on any atom is -0.312 e. The number of hydrogen-bond acceptors (Lipinski definition) is 3. The maximum Gasteiger partial charge on any atom is 0.150 e. The Kier molecular flexibility index (Phi) is 4.88. The summed E-state index contributed by atoms with van der Waals surface area (Å²) in [5.41, 5.74) is 2.74. The van der Waals surface area contributed by atoms with Crippen LogP contribution >= 0.6 is 23.5 Å². The van der Waals surface area contributed by atoms with E-state index >= 15 is 0 Å². The largest absolute Gasteiger partial charge is 0.312 e. The van der Waals surface area contributed by atoms with Crippen LogP contribution in [0.15, 0.2) is 48.5 Å². The molecule has 2 nitrogen and oxygen atoms in total. The zero-order valence-corrected chi connectivity index (χ0v) is 12.1. The maximum absolute atomic E-state index is 10.9. The molecule has 0 radical (unpaired) electrons. The first-order chi connectivity index (χ1) is 9.22. The Morgan fingerprint density at radius 2 is 1.95 bits per heavy atom. The van der Waals surface area contributed by atoms with Gasteiger partial charge in [-0.05, 0) is 23.8 Å². The van der Waals surface area contributed by atoms with Gasteiger partial charge in [-0.3, -0.25) is 4.79 Å². The van der Waals surface area contributed by atoms with Crippen LogP contribution in [-0.2, 0) is 6.54 Å². The van der Waals surface area contributed by atoms with E-state index in [-0.39, 0.29) is 0 Å². The average Bonchev–Trinajstić information content (AvgIpc) is 2.45. The fourth-order valence-electron chi connectivity index (χ4n) is 1.82. The lowest BCUT2D eigenvalue weighted by atomic mass is 10.2. The summed E-state index contributed by atoms with van der Waals surface area (Å²) in [5, 5.41) is 0.576. The van der Waals surface area contributed by atoms with Gasteiger partial charge in [0, 0.05) is 22.5 Å². The van der Waals surface area contributed by atoms with E-state index in [0.717, 1.165) is 18.5 Å². The highest BCUT2D eigenvalue weighted by molar-refractivity contribution is 7.99. The molecule has 0 aliphatic rings. The summed E-state index contributed by atoms with van der Waals surface area (Å²) in [7, 11) is 0. The molecule has 2 aromatic carbocycles. The number of carbonyl (C=O) groups is 1. The topological polar surface area (TPSA) is 20.3 Å². The van der Waals surface area contributed by atoms with Gasteiger partial charge >= 0.3 is 0 Å². The van der Waals surface area contributed by atoms with Gasteiger partial charge in [-0.15, -0.1) is 0 Å². The molecule has 0 saturated heterocycles. The molecular weight excluding hydrogens is 278 g/mol. The van der Waals surface area contributed by atoms with E-state index in [1.165, 1.54) is 5.56 Å². The van der Waals surface area contributed by atoms with Crippen LogP contribution in [0.5, 0.6) is 0 Å². The van der Waals surface area contributed by atoms with Gasteiger partial charge in [0.1, 0.15) is 6.29 Å². The standard InChI is InChI=1S/C15H14ClNOS/c1-19-17(10-12-5-3-2-4-6-12)15-8-13(11-18)7-14(16)9-15/h2-9,11H,10H2,1H3. The Balaban J connectivity index is 2.26. The van der Waals surface area contributed by atoms with E-state index < -0.39 is 0 Å². The van der Waals surface area contributed by atoms with Gasteiger partial charge in [0.15, 0.2) is 0 Å². The summed E-state index contributed by atoms with van der Waals surface area (Å²) < 4.78 is 2.11. The minimum atomic E-state index is 0.576. The van der Waals surface area contributed by atoms with Gasteiger partial charge in [-0.2, -0.15) is 0 Å². The Morgan fingerprint density at radius 1 is 1.21 bits per heavy atom. The number of anilines is 1. The number of nitrogens with zero attached hydrogens (tertiary/aromatic N) is 1. The molecule has 0 aliphatic carbocycles. The second-order valence-corrected chi connectivity index (χ2v) is 5.31. The minimum absolute atomic E-state index is 0.576. The van der Waals surface area contributed by atoms with E-state index in [0.29, 0.717) is 10.6 Å². The predicted octanol–water partition coefficient (Wildman–Crippen LogP) is 4.44. The molecule has 19 heavy (non-hydrogen) atoms. The Hall–Kier alpha value is -1.45. The number of aldehydes is 1. The number of rotatable bonds is 5. The monoisotopic (exact) mass is 291 g/mol. The van der Waals surface area contributed by atoms with Crippen LogP contribution < -0.4 is 4.31 Å². The van der Waals surface area contributed by atoms with Crippen molar-refractivity contribution in [3.63, 3.8) is 0 Å². The van der Waals surface area contributed by atoms with Crippen LogP contribution in [0.3, 0.4) is 0 Å². The predicted molar refractivity (Wildman–Crippen MR) is 83.0 cm³/mol. The molecule has 0 unspecified atom stereocenters. The van der Waals surface area contributed by atoms with Crippen molar-refractivity contribution >= 4 is 35.5 Å². The lowest BCUT2D eigenvalue weighted by Gasteiger charge is -2.22. The maximum atomic E-state index is 10.9. The van der Waals surface area contributed by atoms with Crippen LogP contribution in [-0.4, -0.2) is 12.5 Å². The molecule has 0 bridgehead atoms. The van der Waals surface area contributed by atoms with Gasteiger partial charge in [0.25, 0.3) is 0 Å². The molecule has 0 heterocycles. The molecule has 0 spiro atoms. The third-order valence-electron chi connectivity index (χ3n) is 2.72. The van der Waals surface area contributed by atoms with Gasteiger partial charge in [0.2, 0.25) is 0 Å². The molecule has 0 N–H and O–H groups in total. The fraction of sp³-hybridized carbons (Fsp3) is 0.133. The lowest BCUT2D eigenvalue weighted by Crippen LogP contribution is -2.13. The molecular formula is C15H14ClNOS. The van der Waals surface area contributed by atoms with Crippen molar-refractivity contribution in [1.82, 2.24) is 0 Å². The van der Waals surface area contributed by atoms with Crippen molar-refractivity contribution in [2.75, 3.05) is 10.6 Å². The first kappa shape index (κ1) is 14.0. The van der Waals surface area contributed by atoms with Crippen LogP contribution in [0.1, 0.15) is 15.9 Å². The van der Waals surface area contributed by atoms with E-state index in [1.54, 1.807) is 18.0 Å². The Bertz CT molecular complexity index is 559. The molecule has 0 fully saturated rings. The highest BCUT2D eigenvalue weighted by Gasteiger charge is 2.08. The van der Waals surface area contributed by atoms with Gasteiger partial charge in [-0.1, -0.05) is 53.9 Å². The van der Waals surface area contributed by atoms with Crippen molar-refractivity contribution in [1.29, 1.82) is 0 Å². The Labute approximate surface area is 122 Å². The zero-order valence-electron chi connectivity index (χ0n) is 10.5. The molecule has 0 atom stereocenters. The summed E-state index contributed by atoms with van der Waals surface area (Å²) in [6.45, 7) is 0.765. The van der Waals surface area contributed by atoms with Crippen molar-refractivity contribution < 1.29 is 4.79 Å². The van der Waals surface area contributed by atoms with Crippen molar-refractivity contribution in [2.24, 2.45) is 0 Å². The highest BCUT2D eigenvalue weighted by Crippen LogP contribution is 2.27. The number of halogens is 1. The summed E-state index contributed by atoms with van der Waals surface area (Å²) in [4.78, 5) is 10.9. The van der Waals surface area contributed by atoms with Crippen LogP contribution in [0.25, 0.3) is 0 Å². The van der Waals surface area contributed by atoms with E-state index in [9.17, 15) is 4.79 Å². The van der Waals surface area contributed by atoms with Crippen LogP contribution in [0.2, 0.25) is 5.02 Å². The third kappa shape index (κ3) is 3.75. The summed E-state index contributed by atoms with van der Waals surface area (Å²) in [6.07, 6.45) is 2.82. The normalized spacial score (nSPS) is 10.2. The van der Waals surface area contributed by atoms with Crippen LogP contribution in [0.4, 0.5) is 5.69 Å². The van der Waals surface area contributed by atoms with E-state index in [2.05, 4.69) is 16.4 Å². The molecule has 0 amide bonds. The molecule has 2 rings (SSSR count). The first-order valence-electron chi connectivity index (χ1n) is 5.84.